The molecule has 3 aromatic carbocycles. The molecule has 0 aromatic heterocycles. The maximum Gasteiger partial charge on any atom is 0.416 e. The first-order valence-electron chi connectivity index (χ1n) is 8.56. The second-order valence-electron chi connectivity index (χ2n) is 6.37. The minimum absolute atomic E-state index is 0.172. The molecule has 0 aliphatic rings. The highest BCUT2D eigenvalue weighted by atomic mass is 35.5. The van der Waals surface area contributed by atoms with Gasteiger partial charge in [0, 0.05) is 11.4 Å². The van der Waals surface area contributed by atoms with E-state index in [2.05, 4.69) is 0 Å². The molecule has 0 unspecified atom stereocenters. The second kappa shape index (κ2) is 8.14. The summed E-state index contributed by atoms with van der Waals surface area (Å²) >= 11 is 6.18. The molecule has 3 nitrogen and oxygen atoms in total. The van der Waals surface area contributed by atoms with Crippen molar-refractivity contribution in [3.05, 3.63) is 88.4 Å². The summed E-state index contributed by atoms with van der Waals surface area (Å²) in [4.78, 5) is 12.7. The highest BCUT2D eigenvalue weighted by Crippen LogP contribution is 2.44. The summed E-state index contributed by atoms with van der Waals surface area (Å²) in [6.45, 7) is 0. The third-order valence-corrected chi connectivity index (χ3v) is 4.61. The van der Waals surface area contributed by atoms with Gasteiger partial charge in [-0.3, -0.25) is 0 Å². The van der Waals surface area contributed by atoms with Gasteiger partial charge in [-0.25, -0.2) is 4.79 Å². The number of para-hydroxylation sites is 1. The van der Waals surface area contributed by atoms with E-state index in [1.165, 1.54) is 24.3 Å². The van der Waals surface area contributed by atoms with E-state index < -0.39 is 35.0 Å². The van der Waals surface area contributed by atoms with Crippen molar-refractivity contribution in [3.63, 3.8) is 0 Å². The fourth-order valence-corrected chi connectivity index (χ4v) is 3.22. The van der Waals surface area contributed by atoms with Crippen LogP contribution in [0, 0.1) is 0 Å². The van der Waals surface area contributed by atoms with Gasteiger partial charge < -0.3 is 10.0 Å². The molecule has 0 bridgehead atoms. The Balaban J connectivity index is 2.34. The minimum Gasteiger partial charge on any atom is -0.478 e. The quantitative estimate of drug-likeness (QED) is 0.409. The Bertz CT molecular complexity index is 1070. The molecule has 0 aliphatic heterocycles. The van der Waals surface area contributed by atoms with E-state index in [4.69, 9.17) is 11.6 Å². The number of rotatable bonds is 4. The highest BCUT2D eigenvalue weighted by molar-refractivity contribution is 6.34. The lowest BCUT2D eigenvalue weighted by molar-refractivity contribution is -0.138. The molecule has 0 aliphatic carbocycles. The molecule has 0 heterocycles. The first-order valence-corrected chi connectivity index (χ1v) is 8.94. The van der Waals surface area contributed by atoms with Crippen LogP contribution >= 0.6 is 11.6 Å². The van der Waals surface area contributed by atoms with Gasteiger partial charge in [-0.15, -0.1) is 0 Å². The molecule has 0 atom stereocenters. The Labute approximate surface area is 177 Å². The second-order valence-corrected chi connectivity index (χ2v) is 6.78. The molecule has 1 N–H and O–H groups in total. The molecule has 0 saturated heterocycles. The van der Waals surface area contributed by atoms with Crippen LogP contribution in [0.25, 0.3) is 0 Å². The van der Waals surface area contributed by atoms with Crippen molar-refractivity contribution in [1.29, 1.82) is 0 Å². The van der Waals surface area contributed by atoms with Crippen LogP contribution in [-0.4, -0.2) is 11.1 Å². The largest absolute Gasteiger partial charge is 0.478 e. The molecule has 0 amide bonds. The standard InChI is InChI=1S/C21H12ClF6NO2/c22-17-9-3-8-16(19(30)31)18(17)29(14-6-1-4-12(10-14)20(23,24)25)15-7-2-5-13(11-15)21(26,27)28/h1-11H,(H,30,31). The van der Waals surface area contributed by atoms with E-state index in [0.29, 0.717) is 12.1 Å². The van der Waals surface area contributed by atoms with Crippen LogP contribution in [0.3, 0.4) is 0 Å². The van der Waals surface area contributed by atoms with Crippen LogP contribution in [0.2, 0.25) is 5.02 Å². The molecular weight excluding hydrogens is 448 g/mol. The third-order valence-electron chi connectivity index (χ3n) is 4.30. The fraction of sp³-hybridized carbons (Fsp3) is 0.0952. The average Bonchev–Trinajstić information content (AvgIpc) is 2.68. The summed E-state index contributed by atoms with van der Waals surface area (Å²) in [5, 5.41) is 9.38. The lowest BCUT2D eigenvalue weighted by Crippen LogP contribution is -2.17. The van der Waals surface area contributed by atoms with Crippen molar-refractivity contribution in [1.82, 2.24) is 0 Å². The number of carbonyl (C=O) groups is 1. The van der Waals surface area contributed by atoms with Crippen molar-refractivity contribution in [2.24, 2.45) is 0 Å². The summed E-state index contributed by atoms with van der Waals surface area (Å²) in [7, 11) is 0. The van der Waals surface area contributed by atoms with Gasteiger partial charge in [-0.05, 0) is 48.5 Å². The van der Waals surface area contributed by atoms with Gasteiger partial charge in [0.2, 0.25) is 0 Å². The van der Waals surface area contributed by atoms with Gasteiger partial charge in [0.15, 0.2) is 0 Å². The average molecular weight is 460 g/mol. The van der Waals surface area contributed by atoms with Gasteiger partial charge in [0.25, 0.3) is 0 Å². The van der Waals surface area contributed by atoms with Crippen LogP contribution in [0.1, 0.15) is 21.5 Å². The number of hydrogen-bond acceptors (Lipinski definition) is 2. The van der Waals surface area contributed by atoms with Crippen molar-refractivity contribution < 1.29 is 36.2 Å². The van der Waals surface area contributed by atoms with Gasteiger partial charge >= 0.3 is 18.3 Å². The van der Waals surface area contributed by atoms with E-state index in [9.17, 15) is 36.2 Å². The Hall–Kier alpha value is -3.20. The van der Waals surface area contributed by atoms with Gasteiger partial charge in [0.1, 0.15) is 0 Å². The lowest BCUT2D eigenvalue weighted by Gasteiger charge is -2.28. The fourth-order valence-electron chi connectivity index (χ4n) is 2.97. The van der Waals surface area contributed by atoms with Gasteiger partial charge in [-0.1, -0.05) is 29.8 Å². The number of nitrogens with zero attached hydrogens (tertiary/aromatic N) is 1. The summed E-state index contributed by atoms with van der Waals surface area (Å²) < 4.78 is 79.5. The predicted molar refractivity (Wildman–Crippen MR) is 103 cm³/mol. The van der Waals surface area contributed by atoms with Crippen LogP contribution in [-0.2, 0) is 12.4 Å². The monoisotopic (exact) mass is 459 g/mol. The van der Waals surface area contributed by atoms with Gasteiger partial charge in [0.05, 0.1) is 27.4 Å². The zero-order chi connectivity index (χ0) is 23.0. The Morgan fingerprint density at radius 1 is 0.774 bits per heavy atom. The van der Waals surface area contributed by atoms with Gasteiger partial charge in [-0.2, -0.15) is 26.3 Å². The topological polar surface area (TPSA) is 40.5 Å². The first-order chi connectivity index (χ1) is 14.4. The van der Waals surface area contributed by atoms with E-state index in [1.54, 1.807) is 0 Å². The molecule has 3 aromatic rings. The summed E-state index contributed by atoms with van der Waals surface area (Å²) in [5.74, 6) is -1.46. The Kier molecular flexibility index (Phi) is 5.91. The molecule has 3 rings (SSSR count). The van der Waals surface area contributed by atoms with Crippen molar-refractivity contribution in [2.75, 3.05) is 4.90 Å². The Morgan fingerprint density at radius 2 is 1.23 bits per heavy atom. The number of carboxylic acids is 1. The summed E-state index contributed by atoms with van der Waals surface area (Å²) in [6.07, 6.45) is -9.46. The highest BCUT2D eigenvalue weighted by Gasteiger charge is 2.33. The van der Waals surface area contributed by atoms with Crippen molar-refractivity contribution in [3.8, 4) is 0 Å². The molecule has 31 heavy (non-hydrogen) atoms. The minimum atomic E-state index is -4.73. The normalized spacial score (nSPS) is 12.0. The van der Waals surface area contributed by atoms with E-state index >= 15 is 0 Å². The van der Waals surface area contributed by atoms with E-state index in [1.807, 2.05) is 0 Å². The smallest absolute Gasteiger partial charge is 0.416 e. The van der Waals surface area contributed by atoms with E-state index in [0.717, 1.165) is 35.2 Å². The number of hydrogen-bond donors (Lipinski definition) is 1. The number of aromatic carboxylic acids is 1. The molecule has 0 fully saturated rings. The predicted octanol–water partition coefficient (Wildman–Crippen LogP) is 7.55. The SMILES string of the molecule is O=C(O)c1cccc(Cl)c1N(c1cccc(C(F)(F)F)c1)c1cccc(C(F)(F)F)c1. The molecule has 0 radical (unpaired) electrons. The maximum atomic E-state index is 13.3. The van der Waals surface area contributed by atoms with E-state index in [-0.39, 0.29) is 22.1 Å². The Morgan fingerprint density at radius 3 is 1.65 bits per heavy atom. The number of benzene rings is 3. The van der Waals surface area contributed by atoms with Crippen LogP contribution in [0.15, 0.2) is 66.7 Å². The lowest BCUT2D eigenvalue weighted by atomic mass is 10.1. The zero-order valence-corrected chi connectivity index (χ0v) is 16.1. The zero-order valence-electron chi connectivity index (χ0n) is 15.3. The number of halogens is 7. The molecule has 10 heteroatoms. The number of anilines is 3. The summed E-state index contributed by atoms with van der Waals surface area (Å²) in [5.41, 5.74) is -3.23. The van der Waals surface area contributed by atoms with Crippen molar-refractivity contribution in [2.45, 2.75) is 12.4 Å². The third kappa shape index (κ3) is 4.77. The molecule has 0 spiro atoms. The molecular formula is C21H12ClF6NO2. The van der Waals surface area contributed by atoms with Crippen LogP contribution < -0.4 is 4.90 Å². The first kappa shape index (κ1) is 22.5. The number of alkyl halides is 6. The molecule has 0 saturated carbocycles. The summed E-state index contributed by atoms with van der Waals surface area (Å²) in [6, 6.07) is 11.3. The maximum absolute atomic E-state index is 13.3. The van der Waals surface area contributed by atoms with Crippen LogP contribution in [0.4, 0.5) is 43.4 Å². The molecule has 162 valence electrons. The number of carboxylic acid groups (broad SMARTS) is 1. The van der Waals surface area contributed by atoms with Crippen molar-refractivity contribution >= 4 is 34.6 Å². The van der Waals surface area contributed by atoms with Crippen LogP contribution in [0.5, 0.6) is 0 Å².